The van der Waals surface area contributed by atoms with E-state index in [1.165, 1.54) is 24.8 Å². The highest BCUT2D eigenvalue weighted by Crippen LogP contribution is 2.28. The van der Waals surface area contributed by atoms with Crippen molar-refractivity contribution in [3.8, 4) is 0 Å². The largest absolute Gasteiger partial charge is 0.361 e. The van der Waals surface area contributed by atoms with E-state index in [4.69, 9.17) is 9.52 Å². The van der Waals surface area contributed by atoms with Crippen molar-refractivity contribution in [2.75, 3.05) is 13.1 Å². The van der Waals surface area contributed by atoms with Crippen LogP contribution in [0.15, 0.2) is 9.52 Å². The minimum Gasteiger partial charge on any atom is -0.361 e. The first-order valence-corrected chi connectivity index (χ1v) is 8.96. The van der Waals surface area contributed by atoms with E-state index in [-0.39, 0.29) is 24.0 Å². The molecule has 0 saturated heterocycles. The van der Waals surface area contributed by atoms with Crippen molar-refractivity contribution in [3.05, 3.63) is 17.0 Å². The Hall–Kier alpha value is -0.790. The Morgan fingerprint density at radius 1 is 1.21 bits per heavy atom. The maximum absolute atomic E-state index is 5.22. The molecule has 1 fully saturated rings. The minimum absolute atomic E-state index is 0. The summed E-state index contributed by atoms with van der Waals surface area (Å²) in [6.45, 7) is 12.4. The molecule has 138 valence electrons. The molecule has 0 radical (unpaired) electrons. The van der Waals surface area contributed by atoms with Gasteiger partial charge in [0.15, 0.2) is 5.96 Å². The summed E-state index contributed by atoms with van der Waals surface area (Å²) >= 11 is 0. The number of guanidine groups is 1. The molecule has 2 atom stereocenters. The molecule has 0 aliphatic heterocycles. The molecule has 1 saturated carbocycles. The fourth-order valence-corrected chi connectivity index (χ4v) is 3.72. The van der Waals surface area contributed by atoms with Crippen LogP contribution in [0.1, 0.15) is 57.1 Å². The lowest BCUT2D eigenvalue weighted by Gasteiger charge is -2.32. The van der Waals surface area contributed by atoms with Crippen LogP contribution in [0, 0.1) is 25.7 Å². The third kappa shape index (κ3) is 6.26. The van der Waals surface area contributed by atoms with Crippen LogP contribution in [0.5, 0.6) is 0 Å². The lowest BCUT2D eigenvalue weighted by molar-refractivity contribution is 0.255. The molecule has 0 bridgehead atoms. The molecule has 1 aromatic rings. The number of halogens is 1. The van der Waals surface area contributed by atoms with Gasteiger partial charge >= 0.3 is 0 Å². The van der Waals surface area contributed by atoms with Gasteiger partial charge in [0, 0.05) is 24.7 Å². The first-order chi connectivity index (χ1) is 11.0. The Kier molecular flexibility index (Phi) is 9.08. The Morgan fingerprint density at radius 2 is 1.88 bits per heavy atom. The normalized spacial score (nSPS) is 24.4. The van der Waals surface area contributed by atoms with E-state index in [0.717, 1.165) is 48.8 Å². The molecule has 0 spiro atoms. The quantitative estimate of drug-likeness (QED) is 0.408. The molecular formula is C18H33IN4O. The van der Waals surface area contributed by atoms with E-state index in [2.05, 4.69) is 36.6 Å². The number of nitrogens with one attached hydrogen (secondary N) is 2. The summed E-state index contributed by atoms with van der Waals surface area (Å²) in [6, 6.07) is 0.533. The molecule has 0 aromatic carbocycles. The Bertz CT molecular complexity index is 500. The van der Waals surface area contributed by atoms with Crippen LogP contribution in [-0.4, -0.2) is 30.2 Å². The van der Waals surface area contributed by atoms with Gasteiger partial charge in [0.2, 0.25) is 0 Å². The summed E-state index contributed by atoms with van der Waals surface area (Å²) in [5.41, 5.74) is 2.16. The second-order valence-corrected chi connectivity index (χ2v) is 7.07. The number of aryl methyl sites for hydroxylation is 2. The van der Waals surface area contributed by atoms with Crippen molar-refractivity contribution in [1.29, 1.82) is 0 Å². The lowest BCUT2D eigenvalue weighted by atomic mass is 9.80. The zero-order valence-electron chi connectivity index (χ0n) is 15.7. The van der Waals surface area contributed by atoms with E-state index >= 15 is 0 Å². The molecule has 2 N–H and O–H groups in total. The van der Waals surface area contributed by atoms with Gasteiger partial charge in [0.25, 0.3) is 0 Å². The summed E-state index contributed by atoms with van der Waals surface area (Å²) in [7, 11) is 0. The molecule has 1 aliphatic rings. The van der Waals surface area contributed by atoms with Crippen molar-refractivity contribution in [2.45, 2.75) is 66.3 Å². The van der Waals surface area contributed by atoms with Crippen LogP contribution in [0.25, 0.3) is 0 Å². The van der Waals surface area contributed by atoms with Crippen LogP contribution >= 0.6 is 24.0 Å². The molecule has 2 rings (SSSR count). The molecule has 1 aromatic heterocycles. The Labute approximate surface area is 163 Å². The highest BCUT2D eigenvalue weighted by atomic mass is 127. The first kappa shape index (κ1) is 21.3. The summed E-state index contributed by atoms with van der Waals surface area (Å²) < 4.78 is 5.22. The predicted octanol–water partition coefficient (Wildman–Crippen LogP) is 3.83. The summed E-state index contributed by atoms with van der Waals surface area (Å²) in [5.74, 6) is 3.43. The smallest absolute Gasteiger partial charge is 0.191 e. The fraction of sp³-hybridized carbons (Fsp3) is 0.778. The van der Waals surface area contributed by atoms with Crippen molar-refractivity contribution in [3.63, 3.8) is 0 Å². The maximum Gasteiger partial charge on any atom is 0.191 e. The number of rotatable bonds is 5. The molecule has 0 amide bonds. The Balaban J connectivity index is 0.00000288. The fourth-order valence-electron chi connectivity index (χ4n) is 3.72. The standard InChI is InChI=1S/C18H32N4O.HI/c1-6-19-18(21-16-10-12(2)9-13(3)11-16)20-8-7-17-14(4)22-23-15(17)5;/h12-13,16H,6-11H2,1-5H3,(H2,19,20,21);1H. The van der Waals surface area contributed by atoms with Gasteiger partial charge < -0.3 is 15.2 Å². The third-order valence-corrected chi connectivity index (χ3v) is 4.68. The van der Waals surface area contributed by atoms with E-state index < -0.39 is 0 Å². The second kappa shape index (κ2) is 10.3. The van der Waals surface area contributed by atoms with Gasteiger partial charge in [-0.1, -0.05) is 19.0 Å². The molecule has 24 heavy (non-hydrogen) atoms. The number of aromatic nitrogens is 1. The highest BCUT2D eigenvalue weighted by Gasteiger charge is 2.24. The summed E-state index contributed by atoms with van der Waals surface area (Å²) in [5, 5.41) is 11.0. The molecule has 1 aliphatic carbocycles. The lowest BCUT2D eigenvalue weighted by Crippen LogP contribution is -2.46. The molecular weight excluding hydrogens is 415 g/mol. The maximum atomic E-state index is 5.22. The average Bonchev–Trinajstić information content (AvgIpc) is 2.78. The van der Waals surface area contributed by atoms with Crippen molar-refractivity contribution < 1.29 is 4.52 Å². The SMILES string of the molecule is CCNC(=NCCc1c(C)noc1C)NC1CC(C)CC(C)C1.I. The van der Waals surface area contributed by atoms with Gasteiger partial charge in [-0.2, -0.15) is 0 Å². The number of nitrogens with zero attached hydrogens (tertiary/aromatic N) is 2. The predicted molar refractivity (Wildman–Crippen MR) is 110 cm³/mol. The Morgan fingerprint density at radius 3 is 2.42 bits per heavy atom. The van der Waals surface area contributed by atoms with Gasteiger partial charge in [0.05, 0.1) is 5.69 Å². The molecule has 6 heteroatoms. The van der Waals surface area contributed by atoms with Crippen LogP contribution in [0.4, 0.5) is 0 Å². The van der Waals surface area contributed by atoms with Crippen molar-refractivity contribution >= 4 is 29.9 Å². The monoisotopic (exact) mass is 448 g/mol. The topological polar surface area (TPSA) is 62.5 Å². The van der Waals surface area contributed by atoms with Crippen LogP contribution < -0.4 is 10.6 Å². The number of hydrogen-bond acceptors (Lipinski definition) is 3. The zero-order valence-corrected chi connectivity index (χ0v) is 18.0. The van der Waals surface area contributed by atoms with Crippen molar-refractivity contribution in [2.24, 2.45) is 16.8 Å². The van der Waals surface area contributed by atoms with Gasteiger partial charge in [0.1, 0.15) is 5.76 Å². The van der Waals surface area contributed by atoms with Crippen molar-refractivity contribution in [1.82, 2.24) is 15.8 Å². The van der Waals surface area contributed by atoms with E-state index in [1.54, 1.807) is 0 Å². The second-order valence-electron chi connectivity index (χ2n) is 7.07. The van der Waals surface area contributed by atoms with Gasteiger partial charge in [-0.3, -0.25) is 4.99 Å². The minimum atomic E-state index is 0. The van der Waals surface area contributed by atoms with Crippen LogP contribution in [0.3, 0.4) is 0 Å². The van der Waals surface area contributed by atoms with Gasteiger partial charge in [-0.25, -0.2) is 0 Å². The zero-order chi connectivity index (χ0) is 16.8. The van der Waals surface area contributed by atoms with Gasteiger partial charge in [-0.05, 0) is 58.3 Å². The van der Waals surface area contributed by atoms with Crippen LogP contribution in [0.2, 0.25) is 0 Å². The average molecular weight is 448 g/mol. The first-order valence-electron chi connectivity index (χ1n) is 8.96. The number of aliphatic imine (C=N–C) groups is 1. The van der Waals surface area contributed by atoms with Gasteiger partial charge in [-0.15, -0.1) is 24.0 Å². The highest BCUT2D eigenvalue weighted by molar-refractivity contribution is 14.0. The van der Waals surface area contributed by atoms with E-state index in [1.807, 2.05) is 13.8 Å². The molecule has 1 heterocycles. The number of hydrogen-bond donors (Lipinski definition) is 2. The van der Waals surface area contributed by atoms with E-state index in [9.17, 15) is 0 Å². The molecule has 2 unspecified atom stereocenters. The van der Waals surface area contributed by atoms with E-state index in [0.29, 0.717) is 6.04 Å². The summed E-state index contributed by atoms with van der Waals surface area (Å²) in [6.07, 6.45) is 4.68. The molecule has 5 nitrogen and oxygen atoms in total. The van der Waals surface area contributed by atoms with Crippen LogP contribution in [-0.2, 0) is 6.42 Å². The summed E-state index contributed by atoms with van der Waals surface area (Å²) in [4.78, 5) is 4.74. The third-order valence-electron chi connectivity index (χ3n) is 4.68.